The molecule has 0 bridgehead atoms. The normalized spacial score (nSPS) is 23.6. The van der Waals surface area contributed by atoms with Crippen molar-refractivity contribution < 1.29 is 9.53 Å². The van der Waals surface area contributed by atoms with Crippen molar-refractivity contribution >= 4 is 12.1 Å². The van der Waals surface area contributed by atoms with Crippen molar-refractivity contribution in [2.45, 2.75) is 51.3 Å². The Balaban J connectivity index is 1.68. The first-order valence-electron chi connectivity index (χ1n) is 8.44. The summed E-state index contributed by atoms with van der Waals surface area (Å²) < 4.78 is 5.36. The Kier molecular flexibility index (Phi) is 5.73. The van der Waals surface area contributed by atoms with Crippen molar-refractivity contribution in [2.24, 2.45) is 4.99 Å². The molecule has 0 saturated carbocycles. The summed E-state index contributed by atoms with van der Waals surface area (Å²) in [7, 11) is 3.94. The van der Waals surface area contributed by atoms with Gasteiger partial charge in [0.2, 0.25) is 0 Å². The monoisotopic (exact) mass is 325 g/mol. The van der Waals surface area contributed by atoms with Crippen molar-refractivity contribution in [3.05, 3.63) is 0 Å². The number of aliphatic imine (C=N–C) groups is 1. The van der Waals surface area contributed by atoms with Gasteiger partial charge in [0.25, 0.3) is 0 Å². The number of carbonyl (C=O) groups is 1. The molecule has 7 heteroatoms. The standard InChI is InChI=1S/C16H31N5O2/c1-16(2,3)23-15(22)21-10-12(11-21)19-14(17-4)18-9-13-7-6-8-20(13)5/h12-13H,6-11H2,1-5H3,(H2,17,18,19). The minimum absolute atomic E-state index is 0.232. The van der Waals surface area contributed by atoms with Crippen LogP contribution in [0.1, 0.15) is 33.6 Å². The molecule has 2 N–H and O–H groups in total. The van der Waals surface area contributed by atoms with Crippen LogP contribution < -0.4 is 10.6 Å². The van der Waals surface area contributed by atoms with Crippen LogP contribution in [0.15, 0.2) is 4.99 Å². The van der Waals surface area contributed by atoms with E-state index in [1.54, 1.807) is 11.9 Å². The van der Waals surface area contributed by atoms with Gasteiger partial charge in [-0.3, -0.25) is 4.99 Å². The van der Waals surface area contributed by atoms with Crippen LogP contribution in [0.2, 0.25) is 0 Å². The summed E-state index contributed by atoms with van der Waals surface area (Å²) in [6.45, 7) is 9.02. The molecule has 2 aliphatic rings. The number of nitrogens with zero attached hydrogens (tertiary/aromatic N) is 3. The summed E-state index contributed by atoms with van der Waals surface area (Å²) in [5.74, 6) is 0.805. The van der Waals surface area contributed by atoms with Gasteiger partial charge < -0.3 is 25.2 Å². The van der Waals surface area contributed by atoms with Gasteiger partial charge in [-0.2, -0.15) is 0 Å². The van der Waals surface area contributed by atoms with Crippen LogP contribution in [0.3, 0.4) is 0 Å². The van der Waals surface area contributed by atoms with E-state index in [1.807, 2.05) is 20.8 Å². The molecule has 0 radical (unpaired) electrons. The fourth-order valence-electron chi connectivity index (χ4n) is 2.89. The zero-order valence-electron chi connectivity index (χ0n) is 15.1. The lowest BCUT2D eigenvalue weighted by Gasteiger charge is -2.40. The van der Waals surface area contributed by atoms with Gasteiger partial charge in [-0.05, 0) is 47.2 Å². The number of nitrogens with one attached hydrogen (secondary N) is 2. The lowest BCUT2D eigenvalue weighted by Crippen LogP contribution is -2.63. The molecule has 7 nitrogen and oxygen atoms in total. The molecule has 0 aliphatic carbocycles. The van der Waals surface area contributed by atoms with Gasteiger partial charge in [-0.25, -0.2) is 4.79 Å². The van der Waals surface area contributed by atoms with Gasteiger partial charge >= 0.3 is 6.09 Å². The highest BCUT2D eigenvalue weighted by Crippen LogP contribution is 2.15. The van der Waals surface area contributed by atoms with E-state index in [-0.39, 0.29) is 12.1 Å². The molecule has 132 valence electrons. The third kappa shape index (κ3) is 5.27. The van der Waals surface area contributed by atoms with Crippen LogP contribution in [-0.2, 0) is 4.74 Å². The molecule has 0 aromatic rings. The molecule has 0 aromatic carbocycles. The van der Waals surface area contributed by atoms with Crippen LogP contribution in [0, 0.1) is 0 Å². The molecule has 0 spiro atoms. The highest BCUT2D eigenvalue weighted by Gasteiger charge is 2.34. The fraction of sp³-hybridized carbons (Fsp3) is 0.875. The minimum Gasteiger partial charge on any atom is -0.444 e. The third-order valence-electron chi connectivity index (χ3n) is 4.27. The summed E-state index contributed by atoms with van der Waals surface area (Å²) >= 11 is 0. The van der Waals surface area contributed by atoms with Gasteiger partial charge in [0, 0.05) is 32.7 Å². The number of amides is 1. The van der Waals surface area contributed by atoms with Crippen LogP contribution in [0.5, 0.6) is 0 Å². The second-order valence-corrected chi connectivity index (χ2v) is 7.46. The number of carbonyl (C=O) groups excluding carboxylic acids is 1. The number of likely N-dealkylation sites (tertiary alicyclic amines) is 2. The maximum Gasteiger partial charge on any atom is 0.410 e. The van der Waals surface area contributed by atoms with Crippen LogP contribution >= 0.6 is 0 Å². The smallest absolute Gasteiger partial charge is 0.410 e. The number of rotatable bonds is 3. The minimum atomic E-state index is -0.444. The zero-order valence-corrected chi connectivity index (χ0v) is 15.1. The number of guanidine groups is 1. The second-order valence-electron chi connectivity index (χ2n) is 7.46. The highest BCUT2D eigenvalue weighted by molar-refractivity contribution is 5.80. The number of hydrogen-bond donors (Lipinski definition) is 2. The molecular formula is C16H31N5O2. The first kappa shape index (κ1) is 17.8. The Morgan fingerprint density at radius 2 is 2.04 bits per heavy atom. The number of ether oxygens (including phenoxy) is 1. The van der Waals surface area contributed by atoms with Crippen LogP contribution in [0.25, 0.3) is 0 Å². The second kappa shape index (κ2) is 7.38. The largest absolute Gasteiger partial charge is 0.444 e. The predicted molar refractivity (Wildman–Crippen MR) is 91.7 cm³/mol. The van der Waals surface area contributed by atoms with Gasteiger partial charge in [-0.1, -0.05) is 0 Å². The lowest BCUT2D eigenvalue weighted by molar-refractivity contribution is 0.00700. The Morgan fingerprint density at radius 3 is 2.57 bits per heavy atom. The number of hydrogen-bond acceptors (Lipinski definition) is 4. The van der Waals surface area contributed by atoms with E-state index in [0.717, 1.165) is 12.5 Å². The lowest BCUT2D eigenvalue weighted by atomic mass is 10.1. The van der Waals surface area contributed by atoms with E-state index < -0.39 is 5.60 Å². The Morgan fingerprint density at radius 1 is 1.35 bits per heavy atom. The molecule has 2 aliphatic heterocycles. The fourth-order valence-corrected chi connectivity index (χ4v) is 2.89. The highest BCUT2D eigenvalue weighted by atomic mass is 16.6. The SMILES string of the molecule is CN=C(NCC1CCCN1C)NC1CN(C(=O)OC(C)(C)C)C1. The van der Waals surface area contributed by atoms with E-state index in [9.17, 15) is 4.79 Å². The summed E-state index contributed by atoms with van der Waals surface area (Å²) in [6, 6.07) is 0.809. The predicted octanol–water partition coefficient (Wildman–Crippen LogP) is 0.865. The first-order valence-corrected chi connectivity index (χ1v) is 8.44. The molecule has 1 amide bonds. The zero-order chi connectivity index (χ0) is 17.0. The van der Waals surface area contributed by atoms with E-state index in [4.69, 9.17) is 4.74 Å². The Bertz CT molecular complexity index is 440. The van der Waals surface area contributed by atoms with Gasteiger partial charge in [-0.15, -0.1) is 0 Å². The summed E-state index contributed by atoms with van der Waals surface area (Å²) in [5.41, 5.74) is -0.444. The molecule has 0 aromatic heterocycles. The molecule has 1 atom stereocenters. The average Bonchev–Trinajstić information content (AvgIpc) is 2.80. The quantitative estimate of drug-likeness (QED) is 0.595. The van der Waals surface area contributed by atoms with Crippen molar-refractivity contribution in [3.63, 3.8) is 0 Å². The molecule has 2 fully saturated rings. The molecule has 2 rings (SSSR count). The average molecular weight is 325 g/mol. The van der Waals surface area contributed by atoms with Crippen molar-refractivity contribution in [3.8, 4) is 0 Å². The Hall–Kier alpha value is -1.50. The third-order valence-corrected chi connectivity index (χ3v) is 4.27. The molecule has 2 saturated heterocycles. The summed E-state index contributed by atoms with van der Waals surface area (Å²) in [5, 5.41) is 6.75. The van der Waals surface area contributed by atoms with E-state index in [0.29, 0.717) is 19.1 Å². The van der Waals surface area contributed by atoms with E-state index in [2.05, 4.69) is 27.6 Å². The molecule has 1 unspecified atom stereocenters. The van der Waals surface area contributed by atoms with E-state index in [1.165, 1.54) is 19.4 Å². The van der Waals surface area contributed by atoms with Crippen molar-refractivity contribution in [2.75, 3.05) is 40.3 Å². The Labute approximate surface area is 139 Å². The molecule has 2 heterocycles. The summed E-state index contributed by atoms with van der Waals surface area (Å²) in [6.07, 6.45) is 2.25. The number of likely N-dealkylation sites (N-methyl/N-ethyl adjacent to an activating group) is 1. The van der Waals surface area contributed by atoms with E-state index >= 15 is 0 Å². The first-order chi connectivity index (χ1) is 10.8. The van der Waals surface area contributed by atoms with Crippen molar-refractivity contribution in [1.82, 2.24) is 20.4 Å². The van der Waals surface area contributed by atoms with Crippen molar-refractivity contribution in [1.29, 1.82) is 0 Å². The van der Waals surface area contributed by atoms with Gasteiger partial charge in [0.05, 0.1) is 6.04 Å². The van der Waals surface area contributed by atoms with Gasteiger partial charge in [0.1, 0.15) is 5.60 Å². The summed E-state index contributed by atoms with van der Waals surface area (Å²) in [4.78, 5) is 20.3. The molecule has 23 heavy (non-hydrogen) atoms. The maximum atomic E-state index is 11.9. The maximum absolute atomic E-state index is 11.9. The van der Waals surface area contributed by atoms with Crippen LogP contribution in [0.4, 0.5) is 4.79 Å². The topological polar surface area (TPSA) is 69.2 Å². The van der Waals surface area contributed by atoms with Crippen LogP contribution in [-0.4, -0.2) is 79.8 Å². The van der Waals surface area contributed by atoms with Gasteiger partial charge in [0.15, 0.2) is 5.96 Å². The molecular weight excluding hydrogens is 294 g/mol.